The molecule has 11 nitrogen and oxygen atoms in total. The lowest BCUT2D eigenvalue weighted by molar-refractivity contribution is -0.145. The fourth-order valence-corrected chi connectivity index (χ4v) is 7.19. The van der Waals surface area contributed by atoms with Crippen LogP contribution < -0.4 is 5.32 Å². The molecule has 1 aromatic heterocycles. The lowest BCUT2D eigenvalue weighted by Crippen LogP contribution is -2.51. The maximum absolute atomic E-state index is 14.2. The molecule has 0 bridgehead atoms. The number of aromatic nitrogens is 2. The monoisotopic (exact) mass is 601 g/mol. The van der Waals surface area contributed by atoms with Crippen molar-refractivity contribution >= 4 is 50.3 Å². The number of sulfonamides is 1. The van der Waals surface area contributed by atoms with Crippen molar-refractivity contribution in [1.82, 2.24) is 24.5 Å². The van der Waals surface area contributed by atoms with Crippen LogP contribution in [0.3, 0.4) is 0 Å². The second-order valence-electron chi connectivity index (χ2n) is 9.82. The number of carbonyl (C=O) groups is 3. The first kappa shape index (κ1) is 30.5. The highest BCUT2D eigenvalue weighted by molar-refractivity contribution is 7.98. The number of esters is 1. The van der Waals surface area contributed by atoms with Gasteiger partial charge < -0.3 is 19.9 Å². The first-order chi connectivity index (χ1) is 19.7. The van der Waals surface area contributed by atoms with Gasteiger partial charge in [-0.25, -0.2) is 18.2 Å². The van der Waals surface area contributed by atoms with Crippen LogP contribution in [0.25, 0.3) is 10.8 Å². The number of aromatic amines is 1. The Kier molecular flexibility index (Phi) is 10.4. The maximum Gasteiger partial charge on any atom is 0.328 e. The molecule has 41 heavy (non-hydrogen) atoms. The van der Waals surface area contributed by atoms with Crippen molar-refractivity contribution in [2.24, 2.45) is 0 Å². The number of hydrogen-bond donors (Lipinski definition) is 2. The second-order valence-corrected chi connectivity index (χ2v) is 12.7. The fourth-order valence-electron chi connectivity index (χ4n) is 5.07. The van der Waals surface area contributed by atoms with Gasteiger partial charge in [0.2, 0.25) is 21.8 Å². The first-order valence-corrected chi connectivity index (χ1v) is 16.2. The summed E-state index contributed by atoms with van der Waals surface area (Å²) in [6.45, 7) is -0.101. The van der Waals surface area contributed by atoms with E-state index in [1.807, 2.05) is 24.5 Å². The summed E-state index contributed by atoms with van der Waals surface area (Å²) in [4.78, 5) is 47.4. The van der Waals surface area contributed by atoms with Gasteiger partial charge in [0.1, 0.15) is 6.04 Å². The Labute approximate surface area is 244 Å². The number of benzene rings is 2. The molecule has 220 valence electrons. The van der Waals surface area contributed by atoms with Crippen LogP contribution in [0, 0.1) is 0 Å². The first-order valence-electron chi connectivity index (χ1n) is 13.4. The molecule has 0 radical (unpaired) electrons. The third-order valence-corrected chi connectivity index (χ3v) is 9.63. The quantitative estimate of drug-likeness (QED) is 0.284. The van der Waals surface area contributed by atoms with Crippen LogP contribution in [-0.4, -0.2) is 96.2 Å². The zero-order valence-electron chi connectivity index (χ0n) is 23.1. The van der Waals surface area contributed by atoms with E-state index in [1.54, 1.807) is 29.3 Å². The summed E-state index contributed by atoms with van der Waals surface area (Å²) in [5.41, 5.74) is 0.597. The normalized spacial score (nSPS) is 16.2. The fraction of sp³-hybridized carbons (Fsp3) is 0.429. The van der Waals surface area contributed by atoms with Gasteiger partial charge in [0, 0.05) is 30.7 Å². The summed E-state index contributed by atoms with van der Waals surface area (Å²) in [7, 11) is -2.95. The third-order valence-electron chi connectivity index (χ3n) is 7.12. The van der Waals surface area contributed by atoms with Crippen molar-refractivity contribution in [2.45, 2.75) is 42.7 Å². The van der Waals surface area contributed by atoms with Crippen LogP contribution in [0.15, 0.2) is 59.9 Å². The summed E-state index contributed by atoms with van der Waals surface area (Å²) < 4.78 is 34.3. The SMILES string of the molecule is COC(=O)C(CCSC)NC(=O)CN(C[C@@H]1CCCN1C(=O)Cc1c[nH]cn1)S(=O)(=O)c1cccc2ccccc12. The van der Waals surface area contributed by atoms with Gasteiger partial charge in [-0.2, -0.15) is 16.1 Å². The molecule has 2 N–H and O–H groups in total. The molecule has 2 amide bonds. The largest absolute Gasteiger partial charge is 0.467 e. The van der Waals surface area contributed by atoms with Gasteiger partial charge in [-0.3, -0.25) is 9.59 Å². The van der Waals surface area contributed by atoms with Crippen molar-refractivity contribution in [3.63, 3.8) is 0 Å². The minimum absolute atomic E-state index is 0.0705. The molecule has 1 aliphatic heterocycles. The van der Waals surface area contributed by atoms with Gasteiger partial charge in [0.15, 0.2) is 0 Å². The number of ether oxygens (including phenoxy) is 1. The summed E-state index contributed by atoms with van der Waals surface area (Å²) in [5, 5.41) is 3.94. The molecule has 4 rings (SSSR count). The maximum atomic E-state index is 14.2. The van der Waals surface area contributed by atoms with Gasteiger partial charge in [-0.05, 0) is 42.7 Å². The standard InChI is InChI=1S/C28H35N5O6S2/c1-39-28(36)24(12-14-40-2)31-26(34)18-32(41(37,38)25-11-5-8-20-7-3-4-10-23(20)25)17-22-9-6-13-33(22)27(35)15-21-16-29-19-30-21/h3-5,7-8,10-11,16,19,22,24H,6,9,12-15,17-18H2,1-2H3,(H,29,30)(H,31,34)/t22-,24?/m0/s1. The Morgan fingerprint density at radius 1 is 1.22 bits per heavy atom. The van der Waals surface area contributed by atoms with E-state index in [0.29, 0.717) is 42.6 Å². The summed E-state index contributed by atoms with van der Waals surface area (Å²) in [5.74, 6) is -0.776. The van der Waals surface area contributed by atoms with Gasteiger partial charge in [0.05, 0.1) is 37.0 Å². The van der Waals surface area contributed by atoms with Crippen LogP contribution in [0.2, 0.25) is 0 Å². The average molecular weight is 602 g/mol. The lowest BCUT2D eigenvalue weighted by Gasteiger charge is -2.30. The summed E-state index contributed by atoms with van der Waals surface area (Å²) in [6, 6.07) is 10.8. The minimum Gasteiger partial charge on any atom is -0.467 e. The highest BCUT2D eigenvalue weighted by Gasteiger charge is 2.36. The Balaban J connectivity index is 1.62. The Bertz CT molecular complexity index is 1460. The van der Waals surface area contributed by atoms with E-state index in [9.17, 15) is 22.8 Å². The highest BCUT2D eigenvalue weighted by atomic mass is 32.2. The molecule has 0 aliphatic carbocycles. The molecule has 3 aromatic rings. The van der Waals surface area contributed by atoms with Crippen LogP contribution in [0.5, 0.6) is 0 Å². The average Bonchev–Trinajstić information content (AvgIpc) is 3.66. The number of H-pyrrole nitrogens is 1. The molecule has 13 heteroatoms. The molecule has 2 atom stereocenters. The number of imidazole rings is 1. The van der Waals surface area contributed by atoms with E-state index in [-0.39, 0.29) is 23.8 Å². The van der Waals surface area contributed by atoms with E-state index < -0.39 is 40.5 Å². The van der Waals surface area contributed by atoms with E-state index in [4.69, 9.17) is 4.74 Å². The van der Waals surface area contributed by atoms with Crippen LogP contribution in [0.1, 0.15) is 25.0 Å². The Morgan fingerprint density at radius 2 is 2.00 bits per heavy atom. The third kappa shape index (κ3) is 7.46. The van der Waals surface area contributed by atoms with Gasteiger partial charge >= 0.3 is 5.97 Å². The topological polar surface area (TPSA) is 142 Å². The van der Waals surface area contributed by atoms with E-state index in [2.05, 4.69) is 15.3 Å². The van der Waals surface area contributed by atoms with Crippen molar-refractivity contribution < 1.29 is 27.5 Å². The number of fused-ring (bicyclic) bond motifs is 1. The van der Waals surface area contributed by atoms with Crippen LogP contribution in [0.4, 0.5) is 0 Å². The molecule has 1 unspecified atom stereocenters. The number of rotatable bonds is 13. The smallest absolute Gasteiger partial charge is 0.328 e. The number of carbonyl (C=O) groups excluding carboxylic acids is 3. The molecule has 1 fully saturated rings. The minimum atomic E-state index is -4.19. The number of nitrogens with zero attached hydrogens (tertiary/aromatic N) is 3. The Morgan fingerprint density at radius 3 is 2.73 bits per heavy atom. The number of likely N-dealkylation sites (tertiary alicyclic amines) is 1. The van der Waals surface area contributed by atoms with Crippen molar-refractivity contribution in [2.75, 3.05) is 38.8 Å². The zero-order valence-corrected chi connectivity index (χ0v) is 24.7. The molecular weight excluding hydrogens is 566 g/mol. The second kappa shape index (κ2) is 14.0. The lowest BCUT2D eigenvalue weighted by atomic mass is 10.1. The van der Waals surface area contributed by atoms with E-state index in [1.165, 1.54) is 31.3 Å². The molecule has 1 aliphatic rings. The van der Waals surface area contributed by atoms with Crippen molar-refractivity contribution in [1.29, 1.82) is 0 Å². The van der Waals surface area contributed by atoms with Gasteiger partial charge in [-0.1, -0.05) is 36.4 Å². The number of thioether (sulfide) groups is 1. The number of amides is 2. The number of nitrogens with one attached hydrogen (secondary N) is 2. The highest BCUT2D eigenvalue weighted by Crippen LogP contribution is 2.28. The molecular formula is C28H35N5O6S2. The Hall–Kier alpha value is -3.42. The predicted octanol–water partition coefficient (Wildman–Crippen LogP) is 2.20. The van der Waals surface area contributed by atoms with E-state index in [0.717, 1.165) is 9.69 Å². The molecule has 2 aromatic carbocycles. The molecule has 1 saturated heterocycles. The summed E-state index contributed by atoms with van der Waals surface area (Å²) >= 11 is 1.52. The van der Waals surface area contributed by atoms with Crippen molar-refractivity contribution in [3.05, 3.63) is 60.7 Å². The van der Waals surface area contributed by atoms with Crippen LogP contribution in [-0.2, 0) is 35.6 Å². The predicted molar refractivity (Wildman–Crippen MR) is 157 cm³/mol. The molecule has 0 spiro atoms. The molecule has 0 saturated carbocycles. The number of hydrogen-bond acceptors (Lipinski definition) is 8. The van der Waals surface area contributed by atoms with Crippen LogP contribution >= 0.6 is 11.8 Å². The van der Waals surface area contributed by atoms with Crippen molar-refractivity contribution in [3.8, 4) is 0 Å². The molecule has 2 heterocycles. The van der Waals surface area contributed by atoms with E-state index >= 15 is 0 Å². The zero-order chi connectivity index (χ0) is 29.4. The summed E-state index contributed by atoms with van der Waals surface area (Å²) in [6.07, 6.45) is 6.77. The van der Waals surface area contributed by atoms with Gasteiger partial charge in [-0.15, -0.1) is 0 Å². The number of methoxy groups -OCH3 is 1. The van der Waals surface area contributed by atoms with Gasteiger partial charge in [0.25, 0.3) is 0 Å².